The fraction of sp³-hybridized carbons (Fsp3) is 0.562. The minimum atomic E-state index is -0.451. The molecule has 1 aromatic rings. The number of hydrogen-bond acceptors (Lipinski definition) is 2. The van der Waals surface area contributed by atoms with Crippen molar-refractivity contribution in [2.75, 3.05) is 19.6 Å². The molecule has 21 heavy (non-hydrogen) atoms. The van der Waals surface area contributed by atoms with Crippen molar-refractivity contribution in [3.05, 3.63) is 35.4 Å². The van der Waals surface area contributed by atoms with Gasteiger partial charge in [-0.05, 0) is 61.4 Å². The number of nitrogens with zero attached hydrogens (tertiary/aromatic N) is 1. The molecule has 2 atom stereocenters. The fourth-order valence-corrected chi connectivity index (χ4v) is 3.23. The molecule has 3 nitrogen and oxygen atoms in total. The zero-order valence-corrected chi connectivity index (χ0v) is 11.9. The van der Waals surface area contributed by atoms with Gasteiger partial charge in [-0.1, -0.05) is 0 Å². The van der Waals surface area contributed by atoms with Crippen LogP contribution in [0.3, 0.4) is 0 Å². The highest BCUT2D eigenvalue weighted by molar-refractivity contribution is 5.83. The summed E-state index contributed by atoms with van der Waals surface area (Å²) in [6.07, 6.45) is 2.50. The van der Waals surface area contributed by atoms with Crippen LogP contribution < -0.4 is 5.73 Å². The van der Waals surface area contributed by atoms with Crippen molar-refractivity contribution in [1.82, 2.24) is 4.90 Å². The summed E-state index contributed by atoms with van der Waals surface area (Å²) in [6, 6.07) is 3.46. The Labute approximate surface area is 123 Å². The Hall–Kier alpha value is -1.49. The predicted molar refractivity (Wildman–Crippen MR) is 75.6 cm³/mol. The van der Waals surface area contributed by atoms with E-state index in [-0.39, 0.29) is 17.7 Å². The lowest BCUT2D eigenvalue weighted by Crippen LogP contribution is -2.41. The van der Waals surface area contributed by atoms with Crippen LogP contribution in [-0.2, 0) is 4.79 Å². The fourth-order valence-electron chi connectivity index (χ4n) is 3.23. The highest BCUT2D eigenvalue weighted by Gasteiger charge is 2.47. The van der Waals surface area contributed by atoms with Gasteiger partial charge in [0.2, 0.25) is 5.91 Å². The summed E-state index contributed by atoms with van der Waals surface area (Å²) in [5.41, 5.74) is 5.98. The van der Waals surface area contributed by atoms with Gasteiger partial charge in [0, 0.05) is 19.0 Å². The molecule has 0 radical (unpaired) electrons. The molecular formula is C16H20F2N2O. The summed E-state index contributed by atoms with van der Waals surface area (Å²) in [5, 5.41) is 0. The average Bonchev–Trinajstić information content (AvgIpc) is 3.29. The third-order valence-corrected chi connectivity index (χ3v) is 4.72. The summed E-state index contributed by atoms with van der Waals surface area (Å²) in [5.74, 6) is -0.633. The minimum Gasteiger partial charge on any atom is -0.342 e. The maximum Gasteiger partial charge on any atom is 0.226 e. The van der Waals surface area contributed by atoms with Crippen LogP contribution in [-0.4, -0.2) is 30.4 Å². The van der Waals surface area contributed by atoms with Crippen LogP contribution >= 0.6 is 0 Å². The molecule has 0 aromatic heterocycles. The molecule has 1 saturated carbocycles. The lowest BCUT2D eigenvalue weighted by atomic mass is 9.96. The maximum absolute atomic E-state index is 13.7. The molecule has 1 saturated heterocycles. The van der Waals surface area contributed by atoms with Gasteiger partial charge in [0.15, 0.2) is 0 Å². The summed E-state index contributed by atoms with van der Waals surface area (Å²) in [7, 11) is 0. The van der Waals surface area contributed by atoms with Crippen molar-refractivity contribution >= 4 is 5.91 Å². The summed E-state index contributed by atoms with van der Waals surface area (Å²) in [4.78, 5) is 14.3. The molecule has 114 valence electrons. The molecular weight excluding hydrogens is 274 g/mol. The molecule has 1 aliphatic heterocycles. The van der Waals surface area contributed by atoms with Gasteiger partial charge in [0.25, 0.3) is 0 Å². The zero-order valence-electron chi connectivity index (χ0n) is 11.9. The largest absolute Gasteiger partial charge is 0.342 e. The van der Waals surface area contributed by atoms with E-state index in [4.69, 9.17) is 5.73 Å². The lowest BCUT2D eigenvalue weighted by Gasteiger charge is -2.31. The number of amides is 1. The third-order valence-electron chi connectivity index (χ3n) is 4.72. The van der Waals surface area contributed by atoms with Gasteiger partial charge in [-0.15, -0.1) is 0 Å². The van der Waals surface area contributed by atoms with E-state index in [1.54, 1.807) is 0 Å². The van der Waals surface area contributed by atoms with Gasteiger partial charge in [0.05, 0.1) is 0 Å². The Bertz CT molecular complexity index is 541. The van der Waals surface area contributed by atoms with E-state index in [2.05, 4.69) is 0 Å². The van der Waals surface area contributed by atoms with E-state index in [1.165, 1.54) is 6.07 Å². The number of benzene rings is 1. The van der Waals surface area contributed by atoms with Crippen molar-refractivity contribution in [1.29, 1.82) is 0 Å². The Morgan fingerprint density at radius 2 is 2.00 bits per heavy atom. The Morgan fingerprint density at radius 1 is 1.29 bits per heavy atom. The molecule has 5 heteroatoms. The molecule has 0 spiro atoms. The van der Waals surface area contributed by atoms with Gasteiger partial charge < -0.3 is 10.6 Å². The highest BCUT2D eigenvalue weighted by atomic mass is 19.1. The molecule has 1 amide bonds. The van der Waals surface area contributed by atoms with Crippen molar-refractivity contribution in [3.63, 3.8) is 0 Å². The van der Waals surface area contributed by atoms with Crippen molar-refractivity contribution in [2.45, 2.75) is 25.2 Å². The first-order valence-electron chi connectivity index (χ1n) is 7.54. The van der Waals surface area contributed by atoms with E-state index in [0.717, 1.165) is 38.1 Å². The van der Waals surface area contributed by atoms with Crippen LogP contribution in [0.2, 0.25) is 0 Å². The number of piperidine rings is 1. The monoisotopic (exact) mass is 294 g/mol. The van der Waals surface area contributed by atoms with Crippen LogP contribution in [0.5, 0.6) is 0 Å². The predicted octanol–water partition coefficient (Wildman–Crippen LogP) is 2.27. The molecule has 1 heterocycles. The van der Waals surface area contributed by atoms with Gasteiger partial charge in [-0.2, -0.15) is 0 Å². The number of hydrogen-bond donors (Lipinski definition) is 1. The molecule has 3 rings (SSSR count). The molecule has 1 aliphatic carbocycles. The van der Waals surface area contributed by atoms with E-state index >= 15 is 0 Å². The standard InChI is InChI=1S/C16H20F2N2O/c17-11-1-2-15(18)13(7-11)12-8-14(12)16(21)20-5-3-10(9-19)4-6-20/h1-2,7,10,12,14H,3-6,8-9,19H2. The van der Waals surface area contributed by atoms with E-state index in [0.29, 0.717) is 24.4 Å². The maximum atomic E-state index is 13.7. The smallest absolute Gasteiger partial charge is 0.226 e. The normalized spacial score (nSPS) is 26.0. The van der Waals surface area contributed by atoms with Crippen molar-refractivity contribution < 1.29 is 13.6 Å². The summed E-state index contributed by atoms with van der Waals surface area (Å²) in [6.45, 7) is 2.13. The van der Waals surface area contributed by atoms with Gasteiger partial charge in [-0.25, -0.2) is 8.78 Å². The van der Waals surface area contributed by atoms with Gasteiger partial charge >= 0.3 is 0 Å². The molecule has 2 unspecified atom stereocenters. The molecule has 1 aromatic carbocycles. The number of carbonyl (C=O) groups is 1. The molecule has 2 fully saturated rings. The first-order chi connectivity index (χ1) is 10.1. The SMILES string of the molecule is NCC1CCN(C(=O)C2CC2c2cc(F)ccc2F)CC1. The zero-order chi connectivity index (χ0) is 15.0. The first kappa shape index (κ1) is 14.4. The Balaban J connectivity index is 1.62. The van der Waals surface area contributed by atoms with E-state index in [1.807, 2.05) is 4.90 Å². The quantitative estimate of drug-likeness (QED) is 0.929. The van der Waals surface area contributed by atoms with E-state index < -0.39 is 11.6 Å². The second kappa shape index (κ2) is 5.72. The Kier molecular flexibility index (Phi) is 3.93. The second-order valence-electron chi connectivity index (χ2n) is 6.12. The number of rotatable bonds is 3. The topological polar surface area (TPSA) is 46.3 Å². The summed E-state index contributed by atoms with van der Waals surface area (Å²) < 4.78 is 27.0. The van der Waals surface area contributed by atoms with Crippen LogP contribution in [0.15, 0.2) is 18.2 Å². The lowest BCUT2D eigenvalue weighted by molar-refractivity contribution is -0.134. The van der Waals surface area contributed by atoms with Gasteiger partial charge in [0.1, 0.15) is 11.6 Å². The Morgan fingerprint density at radius 3 is 2.67 bits per heavy atom. The van der Waals surface area contributed by atoms with Crippen LogP contribution in [0.25, 0.3) is 0 Å². The van der Waals surface area contributed by atoms with Crippen LogP contribution in [0.4, 0.5) is 8.78 Å². The van der Waals surface area contributed by atoms with E-state index in [9.17, 15) is 13.6 Å². The van der Waals surface area contributed by atoms with Crippen molar-refractivity contribution in [2.24, 2.45) is 17.6 Å². The minimum absolute atomic E-state index is 0.0825. The van der Waals surface area contributed by atoms with Crippen LogP contribution in [0.1, 0.15) is 30.7 Å². The number of nitrogens with two attached hydrogens (primary N) is 1. The molecule has 2 N–H and O–H groups in total. The second-order valence-corrected chi connectivity index (χ2v) is 6.12. The third kappa shape index (κ3) is 2.93. The van der Waals surface area contributed by atoms with Crippen molar-refractivity contribution in [3.8, 4) is 0 Å². The molecule has 0 bridgehead atoms. The average molecular weight is 294 g/mol. The first-order valence-corrected chi connectivity index (χ1v) is 7.54. The number of carbonyl (C=O) groups excluding carboxylic acids is 1. The number of likely N-dealkylation sites (tertiary alicyclic amines) is 1. The molecule has 2 aliphatic rings. The van der Waals surface area contributed by atoms with Crippen LogP contribution in [0, 0.1) is 23.5 Å². The van der Waals surface area contributed by atoms with Gasteiger partial charge in [-0.3, -0.25) is 4.79 Å². The summed E-state index contributed by atoms with van der Waals surface area (Å²) >= 11 is 0. The number of halogens is 2. The highest BCUT2D eigenvalue weighted by Crippen LogP contribution is 2.49.